The highest BCUT2D eigenvalue weighted by Gasteiger charge is 2.32. The van der Waals surface area contributed by atoms with Gasteiger partial charge in [-0.2, -0.15) is 10.1 Å². The molecule has 0 saturated carbocycles. The van der Waals surface area contributed by atoms with Crippen LogP contribution in [0.4, 0.5) is 0 Å². The summed E-state index contributed by atoms with van der Waals surface area (Å²) in [6.45, 7) is 6.25. The quantitative estimate of drug-likeness (QED) is 0.674. The van der Waals surface area contributed by atoms with Crippen molar-refractivity contribution in [1.82, 2.24) is 19.8 Å². The SMILES string of the molecule is CC1CN(n2ncnc3c(C#N)c4c(c2-3)CCCC4)CCN1CCc1ccccc1. The Bertz CT molecular complexity index is 1030. The smallest absolute Gasteiger partial charge is 0.138 e. The first-order valence-corrected chi connectivity index (χ1v) is 11.1. The van der Waals surface area contributed by atoms with Crippen LogP contribution in [0.25, 0.3) is 11.4 Å². The Labute approximate surface area is 178 Å². The van der Waals surface area contributed by atoms with E-state index in [4.69, 9.17) is 0 Å². The molecule has 0 aromatic heterocycles. The number of piperazine rings is 1. The van der Waals surface area contributed by atoms with Gasteiger partial charge in [0.1, 0.15) is 23.8 Å². The third-order valence-corrected chi connectivity index (χ3v) is 6.72. The molecule has 1 unspecified atom stereocenters. The van der Waals surface area contributed by atoms with Gasteiger partial charge >= 0.3 is 0 Å². The maximum Gasteiger partial charge on any atom is 0.138 e. The molecular formula is C24H28N6. The van der Waals surface area contributed by atoms with Crippen LogP contribution in [0.5, 0.6) is 0 Å². The van der Waals surface area contributed by atoms with Crippen LogP contribution < -0.4 is 5.01 Å². The molecule has 1 aromatic carbocycles. The molecule has 0 radical (unpaired) electrons. The normalized spacial score (nSPS) is 19.6. The fraction of sp³-hybridized carbons (Fsp3) is 0.458. The van der Waals surface area contributed by atoms with Gasteiger partial charge in [0.15, 0.2) is 0 Å². The number of rotatable bonds is 4. The van der Waals surface area contributed by atoms with Crippen molar-refractivity contribution in [2.45, 2.75) is 45.1 Å². The van der Waals surface area contributed by atoms with E-state index >= 15 is 0 Å². The van der Waals surface area contributed by atoms with Gasteiger partial charge in [-0.05, 0) is 55.7 Å². The van der Waals surface area contributed by atoms with Crippen molar-refractivity contribution in [3.8, 4) is 17.5 Å². The van der Waals surface area contributed by atoms with E-state index in [2.05, 4.69) is 68.1 Å². The minimum absolute atomic E-state index is 0.446. The molecule has 2 aliphatic heterocycles. The number of hydrogen-bond acceptors (Lipinski definition) is 5. The summed E-state index contributed by atoms with van der Waals surface area (Å²) in [6, 6.07) is 13.6. The van der Waals surface area contributed by atoms with Crippen molar-refractivity contribution in [2.75, 3.05) is 31.2 Å². The van der Waals surface area contributed by atoms with Gasteiger partial charge in [0.2, 0.25) is 0 Å². The van der Waals surface area contributed by atoms with Crippen LogP contribution in [0, 0.1) is 11.3 Å². The minimum Gasteiger partial charge on any atom is -0.297 e. The van der Waals surface area contributed by atoms with Crippen molar-refractivity contribution in [2.24, 2.45) is 0 Å². The molecule has 2 aliphatic carbocycles. The van der Waals surface area contributed by atoms with E-state index < -0.39 is 0 Å². The summed E-state index contributed by atoms with van der Waals surface area (Å²) in [5.74, 6) is 0. The van der Waals surface area contributed by atoms with E-state index in [0.717, 1.165) is 68.8 Å². The number of fused-ring (bicyclic) bond motifs is 3. The summed E-state index contributed by atoms with van der Waals surface area (Å²) in [5, 5.41) is 16.8. The lowest BCUT2D eigenvalue weighted by Gasteiger charge is -2.41. The molecule has 1 fully saturated rings. The average molecular weight is 401 g/mol. The monoisotopic (exact) mass is 400 g/mol. The van der Waals surface area contributed by atoms with Gasteiger partial charge in [-0.25, -0.2) is 4.98 Å². The Kier molecular flexibility index (Phi) is 5.14. The highest BCUT2D eigenvalue weighted by Crippen LogP contribution is 2.39. The summed E-state index contributed by atoms with van der Waals surface area (Å²) in [7, 11) is 0. The Balaban J connectivity index is 1.36. The molecule has 0 bridgehead atoms. The molecule has 1 saturated heterocycles. The molecule has 1 aromatic rings. The van der Waals surface area contributed by atoms with Crippen LogP contribution in [0.2, 0.25) is 0 Å². The number of nitriles is 1. The lowest BCUT2D eigenvalue weighted by molar-refractivity contribution is 0.173. The molecule has 0 spiro atoms. The van der Waals surface area contributed by atoms with E-state index in [1.807, 2.05) is 0 Å². The summed E-state index contributed by atoms with van der Waals surface area (Å²) in [5.41, 5.74) is 6.57. The maximum absolute atomic E-state index is 9.77. The zero-order valence-electron chi connectivity index (χ0n) is 17.6. The van der Waals surface area contributed by atoms with Crippen LogP contribution in [0.3, 0.4) is 0 Å². The number of hydrogen-bond donors (Lipinski definition) is 0. The summed E-state index contributed by atoms with van der Waals surface area (Å²) >= 11 is 0. The van der Waals surface area contributed by atoms with Gasteiger partial charge in [-0.1, -0.05) is 30.3 Å². The van der Waals surface area contributed by atoms with Crippen LogP contribution in [0.1, 0.15) is 42.0 Å². The molecule has 2 heterocycles. The molecule has 0 amide bonds. The van der Waals surface area contributed by atoms with Gasteiger partial charge in [0.25, 0.3) is 0 Å². The molecule has 6 heteroatoms. The van der Waals surface area contributed by atoms with Crippen LogP contribution >= 0.6 is 0 Å². The second-order valence-corrected chi connectivity index (χ2v) is 8.53. The van der Waals surface area contributed by atoms with Crippen molar-refractivity contribution < 1.29 is 0 Å². The second kappa shape index (κ2) is 8.08. The summed E-state index contributed by atoms with van der Waals surface area (Å²) in [6.07, 6.45) is 7.03. The van der Waals surface area contributed by atoms with Gasteiger partial charge in [-0.3, -0.25) is 9.91 Å². The number of nitrogens with zero attached hydrogens (tertiary/aromatic N) is 6. The maximum atomic E-state index is 9.77. The first-order chi connectivity index (χ1) is 14.8. The Morgan fingerprint density at radius 3 is 2.67 bits per heavy atom. The standard InChI is InChI=1S/C24H28N6/c1-18-16-29(14-13-28(18)12-11-19-7-3-2-4-8-19)30-24-21-10-6-5-9-20(21)22(15-25)23(24)26-17-27-30/h2-4,7-8,17-18H,5-6,9-14,16H2,1H3. The number of aromatic nitrogens is 3. The first-order valence-electron chi connectivity index (χ1n) is 11.1. The molecule has 154 valence electrons. The fourth-order valence-corrected chi connectivity index (χ4v) is 5.11. The van der Waals surface area contributed by atoms with Crippen molar-refractivity contribution in [3.05, 3.63) is 58.9 Å². The molecule has 1 atom stereocenters. The molecule has 0 N–H and O–H groups in total. The van der Waals surface area contributed by atoms with E-state index in [1.54, 1.807) is 6.33 Å². The largest absolute Gasteiger partial charge is 0.297 e. The van der Waals surface area contributed by atoms with Gasteiger partial charge in [-0.15, -0.1) is 5.10 Å². The lowest BCUT2D eigenvalue weighted by Crippen LogP contribution is -2.56. The number of benzene rings is 1. The Morgan fingerprint density at radius 1 is 1.10 bits per heavy atom. The van der Waals surface area contributed by atoms with E-state index in [9.17, 15) is 5.26 Å². The van der Waals surface area contributed by atoms with Gasteiger partial charge < -0.3 is 0 Å². The first kappa shape index (κ1) is 19.1. The van der Waals surface area contributed by atoms with Gasteiger partial charge in [0.05, 0.1) is 12.1 Å². The zero-order valence-corrected chi connectivity index (χ0v) is 17.6. The van der Waals surface area contributed by atoms with E-state index in [-0.39, 0.29) is 0 Å². The predicted octanol–water partition coefficient (Wildman–Crippen LogP) is 3.02. The molecular weight excluding hydrogens is 372 g/mol. The third-order valence-electron chi connectivity index (χ3n) is 6.72. The van der Waals surface area contributed by atoms with Crippen molar-refractivity contribution >= 4 is 0 Å². The highest BCUT2D eigenvalue weighted by molar-refractivity contribution is 5.76. The second-order valence-electron chi connectivity index (χ2n) is 8.53. The van der Waals surface area contributed by atoms with Crippen molar-refractivity contribution in [3.63, 3.8) is 0 Å². The van der Waals surface area contributed by atoms with Crippen molar-refractivity contribution in [1.29, 1.82) is 5.26 Å². The molecule has 5 rings (SSSR count). The summed E-state index contributed by atoms with van der Waals surface area (Å²) in [4.78, 5) is 9.14. The molecule has 30 heavy (non-hydrogen) atoms. The lowest BCUT2D eigenvalue weighted by atomic mass is 9.94. The molecule has 6 nitrogen and oxygen atoms in total. The zero-order chi connectivity index (χ0) is 20.5. The van der Waals surface area contributed by atoms with Crippen LogP contribution in [-0.2, 0) is 19.3 Å². The Morgan fingerprint density at radius 2 is 1.90 bits per heavy atom. The van der Waals surface area contributed by atoms with Crippen LogP contribution in [0.15, 0.2) is 36.7 Å². The fourth-order valence-electron chi connectivity index (χ4n) is 5.11. The average Bonchev–Trinajstić information content (AvgIpc) is 3.12. The topological polar surface area (TPSA) is 61.0 Å². The van der Waals surface area contributed by atoms with Crippen LogP contribution in [-0.4, -0.2) is 52.0 Å². The van der Waals surface area contributed by atoms with E-state index in [0.29, 0.717) is 6.04 Å². The highest BCUT2D eigenvalue weighted by atomic mass is 15.7. The Hall–Kier alpha value is -2.91. The predicted molar refractivity (Wildman–Crippen MR) is 117 cm³/mol. The summed E-state index contributed by atoms with van der Waals surface area (Å²) < 4.78 is 0. The van der Waals surface area contributed by atoms with E-state index in [1.165, 1.54) is 23.1 Å². The molecule has 4 aliphatic rings. The van der Waals surface area contributed by atoms with Gasteiger partial charge in [0, 0.05) is 25.7 Å². The third kappa shape index (κ3) is 3.33. The minimum atomic E-state index is 0.446.